The van der Waals surface area contributed by atoms with Gasteiger partial charge in [-0.2, -0.15) is 0 Å². The summed E-state index contributed by atoms with van der Waals surface area (Å²) in [7, 11) is 0. The van der Waals surface area contributed by atoms with Gasteiger partial charge in [0.1, 0.15) is 11.2 Å². The summed E-state index contributed by atoms with van der Waals surface area (Å²) in [6.07, 6.45) is 0. The second-order valence-electron chi connectivity index (χ2n) is 13.4. The first-order valence-corrected chi connectivity index (χ1v) is 17.7. The smallest absolute Gasteiger partial charge is 0.137 e. The minimum atomic E-state index is 0.872. The van der Waals surface area contributed by atoms with Gasteiger partial charge < -0.3 is 9.32 Å². The molecule has 0 fully saturated rings. The Morgan fingerprint density at radius 2 is 0.808 bits per heavy atom. The normalized spacial score (nSPS) is 11.5. The monoisotopic (exact) mass is 663 g/mol. The van der Waals surface area contributed by atoms with Crippen LogP contribution in [-0.4, -0.2) is 0 Å². The summed E-state index contributed by atoms with van der Waals surface area (Å²) >= 11 is 0. The van der Waals surface area contributed by atoms with Crippen molar-refractivity contribution in [3.8, 4) is 33.4 Å². The highest BCUT2D eigenvalue weighted by molar-refractivity contribution is 6.13. The molecule has 2 heteroatoms. The summed E-state index contributed by atoms with van der Waals surface area (Å²) in [4.78, 5) is 2.36. The van der Waals surface area contributed by atoms with E-state index >= 15 is 0 Å². The highest BCUT2D eigenvalue weighted by atomic mass is 16.3. The van der Waals surface area contributed by atoms with Crippen molar-refractivity contribution in [2.45, 2.75) is 0 Å². The Kier molecular flexibility index (Phi) is 7.18. The SMILES string of the molecule is c1cc(-c2ccc(-c3ccc4ccccc4c3)cc2)cc(N(c2ccc(-c3ccc4ccccc4c3)cc2)c2cccc3oc4ccccc4c23)c1. The molecule has 10 rings (SSSR count). The van der Waals surface area contributed by atoms with Crippen molar-refractivity contribution in [1.82, 2.24) is 0 Å². The zero-order valence-electron chi connectivity index (χ0n) is 28.4. The number of nitrogens with zero attached hydrogens (tertiary/aromatic N) is 1. The molecule has 0 radical (unpaired) electrons. The molecule has 1 heterocycles. The molecular formula is C50H33NO. The van der Waals surface area contributed by atoms with Crippen LogP contribution in [0.25, 0.3) is 76.9 Å². The average molecular weight is 664 g/mol. The predicted octanol–water partition coefficient (Wildman–Crippen LogP) is 14.4. The second-order valence-corrected chi connectivity index (χ2v) is 13.4. The van der Waals surface area contributed by atoms with Crippen LogP contribution in [0.5, 0.6) is 0 Å². The van der Waals surface area contributed by atoms with E-state index in [9.17, 15) is 0 Å². The molecule has 0 atom stereocenters. The maximum atomic E-state index is 6.36. The fourth-order valence-electron chi connectivity index (χ4n) is 7.59. The standard InChI is InChI=1S/C50H33NO/c1-3-11-39-31-42(25-23-34(39)9-1)37-21-19-36(20-22-37)41-13-7-14-45(33-41)51(47-16-8-18-49-50(47)46-15-5-6-17-48(46)52-49)44-29-27-38(28-30-44)43-26-24-35-10-2-4-12-40(35)32-43/h1-33H. The van der Waals surface area contributed by atoms with E-state index < -0.39 is 0 Å². The first kappa shape index (κ1) is 30.0. The minimum absolute atomic E-state index is 0.872. The third-order valence-electron chi connectivity index (χ3n) is 10.2. The molecule has 0 bridgehead atoms. The quantitative estimate of drug-likeness (QED) is 0.176. The Hall–Kier alpha value is -6.90. The highest BCUT2D eigenvalue weighted by Gasteiger charge is 2.20. The van der Waals surface area contributed by atoms with Gasteiger partial charge in [-0.25, -0.2) is 0 Å². The Bertz CT molecular complexity index is 2900. The minimum Gasteiger partial charge on any atom is -0.456 e. The van der Waals surface area contributed by atoms with Gasteiger partial charge in [-0.1, -0.05) is 146 Å². The zero-order chi connectivity index (χ0) is 34.4. The molecule has 0 aliphatic heterocycles. The number of para-hydroxylation sites is 1. The van der Waals surface area contributed by atoms with Crippen LogP contribution in [-0.2, 0) is 0 Å². The van der Waals surface area contributed by atoms with Gasteiger partial charge in [-0.15, -0.1) is 0 Å². The Morgan fingerprint density at radius 3 is 1.46 bits per heavy atom. The molecule has 1 aromatic heterocycles. The van der Waals surface area contributed by atoms with Crippen LogP contribution < -0.4 is 4.90 Å². The first-order valence-electron chi connectivity index (χ1n) is 17.7. The van der Waals surface area contributed by atoms with Crippen molar-refractivity contribution in [2.24, 2.45) is 0 Å². The van der Waals surface area contributed by atoms with E-state index in [2.05, 4.69) is 193 Å². The highest BCUT2D eigenvalue weighted by Crippen LogP contribution is 2.44. The summed E-state index contributed by atoms with van der Waals surface area (Å²) in [5, 5.41) is 7.20. The molecule has 10 aromatic rings. The van der Waals surface area contributed by atoms with Crippen LogP contribution in [0.2, 0.25) is 0 Å². The van der Waals surface area contributed by atoms with Crippen molar-refractivity contribution < 1.29 is 4.42 Å². The first-order chi connectivity index (χ1) is 25.7. The Balaban J connectivity index is 1.07. The molecule has 244 valence electrons. The van der Waals surface area contributed by atoms with E-state index in [0.29, 0.717) is 0 Å². The van der Waals surface area contributed by atoms with Crippen LogP contribution in [0.15, 0.2) is 205 Å². The topological polar surface area (TPSA) is 16.4 Å². The third kappa shape index (κ3) is 5.30. The number of anilines is 3. The molecule has 0 unspecified atom stereocenters. The molecule has 9 aromatic carbocycles. The van der Waals surface area contributed by atoms with E-state index in [1.165, 1.54) is 49.4 Å². The summed E-state index contributed by atoms with van der Waals surface area (Å²) < 4.78 is 6.36. The van der Waals surface area contributed by atoms with Gasteiger partial charge in [0.2, 0.25) is 0 Å². The lowest BCUT2D eigenvalue weighted by Gasteiger charge is -2.27. The number of furan rings is 1. The second kappa shape index (κ2) is 12.5. The Labute approximate surface area is 302 Å². The number of hydrogen-bond acceptors (Lipinski definition) is 2. The van der Waals surface area contributed by atoms with Crippen LogP contribution in [0, 0.1) is 0 Å². The van der Waals surface area contributed by atoms with Crippen LogP contribution in [0.4, 0.5) is 17.1 Å². The average Bonchev–Trinajstić information content (AvgIpc) is 3.61. The summed E-state index contributed by atoms with van der Waals surface area (Å²) in [6.45, 7) is 0. The number of hydrogen-bond donors (Lipinski definition) is 0. The van der Waals surface area contributed by atoms with Crippen LogP contribution in [0.3, 0.4) is 0 Å². The molecule has 0 amide bonds. The fourth-order valence-corrected chi connectivity index (χ4v) is 7.59. The van der Waals surface area contributed by atoms with E-state index in [1.807, 2.05) is 12.1 Å². The summed E-state index contributed by atoms with van der Waals surface area (Å²) in [5.74, 6) is 0. The van der Waals surface area contributed by atoms with Gasteiger partial charge >= 0.3 is 0 Å². The number of benzene rings is 9. The predicted molar refractivity (Wildman–Crippen MR) is 220 cm³/mol. The van der Waals surface area contributed by atoms with Gasteiger partial charge in [-0.05, 0) is 110 Å². The largest absolute Gasteiger partial charge is 0.456 e. The lowest BCUT2D eigenvalue weighted by Crippen LogP contribution is -2.10. The van der Waals surface area contributed by atoms with E-state index in [-0.39, 0.29) is 0 Å². The number of fused-ring (bicyclic) bond motifs is 5. The van der Waals surface area contributed by atoms with E-state index in [1.54, 1.807) is 0 Å². The van der Waals surface area contributed by atoms with Crippen molar-refractivity contribution in [1.29, 1.82) is 0 Å². The molecule has 52 heavy (non-hydrogen) atoms. The Morgan fingerprint density at radius 1 is 0.308 bits per heavy atom. The molecule has 0 N–H and O–H groups in total. The molecule has 0 saturated heterocycles. The molecular weight excluding hydrogens is 631 g/mol. The maximum Gasteiger partial charge on any atom is 0.137 e. The van der Waals surface area contributed by atoms with Crippen molar-refractivity contribution >= 4 is 60.5 Å². The van der Waals surface area contributed by atoms with Gasteiger partial charge in [0.15, 0.2) is 0 Å². The lowest BCUT2D eigenvalue weighted by atomic mass is 9.98. The third-order valence-corrected chi connectivity index (χ3v) is 10.2. The van der Waals surface area contributed by atoms with Crippen molar-refractivity contribution in [3.05, 3.63) is 200 Å². The molecule has 0 spiro atoms. The zero-order valence-corrected chi connectivity index (χ0v) is 28.4. The molecule has 0 aliphatic carbocycles. The summed E-state index contributed by atoms with van der Waals surface area (Å²) in [6, 6.07) is 71.8. The van der Waals surface area contributed by atoms with E-state index in [0.717, 1.165) is 44.6 Å². The van der Waals surface area contributed by atoms with E-state index in [4.69, 9.17) is 4.42 Å². The van der Waals surface area contributed by atoms with Gasteiger partial charge in [0.05, 0.1) is 11.1 Å². The fraction of sp³-hybridized carbons (Fsp3) is 0. The molecule has 2 nitrogen and oxygen atoms in total. The molecule has 0 aliphatic rings. The number of rotatable bonds is 6. The van der Waals surface area contributed by atoms with Crippen molar-refractivity contribution in [2.75, 3.05) is 4.90 Å². The molecule has 0 saturated carbocycles. The maximum absolute atomic E-state index is 6.36. The van der Waals surface area contributed by atoms with Gasteiger partial charge in [0, 0.05) is 16.8 Å². The van der Waals surface area contributed by atoms with Crippen LogP contribution in [0.1, 0.15) is 0 Å². The van der Waals surface area contributed by atoms with Gasteiger partial charge in [-0.3, -0.25) is 0 Å². The van der Waals surface area contributed by atoms with Crippen LogP contribution >= 0.6 is 0 Å². The van der Waals surface area contributed by atoms with Crippen molar-refractivity contribution in [3.63, 3.8) is 0 Å². The lowest BCUT2D eigenvalue weighted by molar-refractivity contribution is 0.669. The summed E-state index contributed by atoms with van der Waals surface area (Å²) in [5.41, 5.74) is 12.1. The van der Waals surface area contributed by atoms with Gasteiger partial charge in [0.25, 0.3) is 0 Å².